The van der Waals surface area contributed by atoms with Gasteiger partial charge in [-0.25, -0.2) is 0 Å². The van der Waals surface area contributed by atoms with E-state index in [0.717, 1.165) is 6.42 Å². The van der Waals surface area contributed by atoms with E-state index >= 15 is 0 Å². The molecule has 19 heavy (non-hydrogen) atoms. The Bertz CT molecular complexity index is 507. The number of hydrogen-bond donors (Lipinski definition) is 0. The molecule has 0 heterocycles. The molecule has 0 N–H and O–H groups in total. The summed E-state index contributed by atoms with van der Waals surface area (Å²) in [7, 11) is 0. The van der Waals surface area contributed by atoms with Crippen LogP contribution in [0.15, 0.2) is 60.7 Å². The second kappa shape index (κ2) is 7.15. The first-order chi connectivity index (χ1) is 9.29. The van der Waals surface area contributed by atoms with Gasteiger partial charge in [-0.2, -0.15) is 0 Å². The Morgan fingerprint density at radius 2 is 1.58 bits per heavy atom. The van der Waals surface area contributed by atoms with Crippen molar-refractivity contribution in [2.24, 2.45) is 0 Å². The van der Waals surface area contributed by atoms with Gasteiger partial charge in [0, 0.05) is 6.42 Å². The van der Waals surface area contributed by atoms with Gasteiger partial charge in [0.25, 0.3) is 0 Å². The van der Waals surface area contributed by atoms with Gasteiger partial charge in [0.05, 0.1) is 0 Å². The Morgan fingerprint density at radius 1 is 1.00 bits per heavy atom. The van der Waals surface area contributed by atoms with Crippen molar-refractivity contribution in [2.75, 3.05) is 6.26 Å². The summed E-state index contributed by atoms with van der Waals surface area (Å²) in [6.07, 6.45) is 3.37. The summed E-state index contributed by atoms with van der Waals surface area (Å²) in [5, 5.41) is 0.254. The molecule has 0 fully saturated rings. The summed E-state index contributed by atoms with van der Waals surface area (Å²) in [5.74, 6) is 0.267. The molecule has 0 aliphatic carbocycles. The van der Waals surface area contributed by atoms with Gasteiger partial charge in [0.2, 0.25) is 0 Å². The predicted molar refractivity (Wildman–Crippen MR) is 82.5 cm³/mol. The molecular formula is C17H18OS. The third kappa shape index (κ3) is 4.25. The van der Waals surface area contributed by atoms with Crippen molar-refractivity contribution in [3.63, 3.8) is 0 Å². The third-order valence-electron chi connectivity index (χ3n) is 3.24. The Morgan fingerprint density at radius 3 is 2.16 bits per heavy atom. The van der Waals surface area contributed by atoms with Crippen LogP contribution in [0.3, 0.4) is 0 Å². The Balaban J connectivity index is 2.17. The van der Waals surface area contributed by atoms with Crippen LogP contribution in [-0.2, 0) is 11.2 Å². The standard InChI is InChI=1S/C17H18OS/c1-19-17(18)13-16(15-10-6-3-7-11-15)12-14-8-4-2-5-9-14/h2-11,16H,12-13H2,1H3. The van der Waals surface area contributed by atoms with Gasteiger partial charge in [-0.1, -0.05) is 72.4 Å². The number of thioether (sulfide) groups is 1. The molecule has 0 amide bonds. The molecule has 2 rings (SSSR count). The fraction of sp³-hybridized carbons (Fsp3) is 0.235. The van der Waals surface area contributed by atoms with Crippen molar-refractivity contribution in [1.82, 2.24) is 0 Å². The molecule has 1 atom stereocenters. The smallest absolute Gasteiger partial charge is 0.189 e. The van der Waals surface area contributed by atoms with Gasteiger partial charge < -0.3 is 0 Å². The van der Waals surface area contributed by atoms with Gasteiger partial charge in [-0.05, 0) is 29.7 Å². The molecule has 2 aromatic carbocycles. The van der Waals surface area contributed by atoms with Crippen molar-refractivity contribution in [3.8, 4) is 0 Å². The minimum atomic E-state index is 0.254. The lowest BCUT2D eigenvalue weighted by Gasteiger charge is -2.16. The van der Waals surface area contributed by atoms with E-state index in [1.807, 2.05) is 42.7 Å². The predicted octanol–water partition coefficient (Wildman–Crippen LogP) is 4.29. The molecule has 0 radical (unpaired) electrons. The monoisotopic (exact) mass is 270 g/mol. The molecular weight excluding hydrogens is 252 g/mol. The van der Waals surface area contributed by atoms with Gasteiger partial charge in [0.1, 0.15) is 0 Å². The third-order valence-corrected chi connectivity index (χ3v) is 3.86. The average Bonchev–Trinajstić information content (AvgIpc) is 2.48. The molecule has 0 saturated heterocycles. The Hall–Kier alpha value is -1.54. The lowest BCUT2D eigenvalue weighted by molar-refractivity contribution is -0.111. The van der Waals surface area contributed by atoms with Crippen LogP contribution in [0.2, 0.25) is 0 Å². The summed E-state index contributed by atoms with van der Waals surface area (Å²) in [6.45, 7) is 0. The van der Waals surface area contributed by atoms with E-state index in [-0.39, 0.29) is 11.0 Å². The summed E-state index contributed by atoms with van der Waals surface area (Å²) in [6, 6.07) is 20.7. The van der Waals surface area contributed by atoms with Crippen LogP contribution in [-0.4, -0.2) is 11.4 Å². The van der Waals surface area contributed by atoms with Crippen molar-refractivity contribution < 1.29 is 4.79 Å². The Labute approximate surface area is 119 Å². The van der Waals surface area contributed by atoms with Crippen LogP contribution in [0.1, 0.15) is 23.5 Å². The molecule has 0 aliphatic heterocycles. The van der Waals surface area contributed by atoms with Crippen molar-refractivity contribution in [3.05, 3.63) is 71.8 Å². The highest BCUT2D eigenvalue weighted by atomic mass is 32.2. The van der Waals surface area contributed by atoms with Crippen molar-refractivity contribution in [2.45, 2.75) is 18.8 Å². The first kappa shape index (κ1) is 13.9. The zero-order chi connectivity index (χ0) is 13.5. The summed E-state index contributed by atoms with van der Waals surface area (Å²) in [5.41, 5.74) is 2.53. The SMILES string of the molecule is CSC(=O)CC(Cc1ccccc1)c1ccccc1. The molecule has 0 bridgehead atoms. The van der Waals surface area contributed by atoms with E-state index in [1.165, 1.54) is 22.9 Å². The normalized spacial score (nSPS) is 12.1. The first-order valence-electron chi connectivity index (χ1n) is 6.45. The minimum absolute atomic E-state index is 0.254. The van der Waals surface area contributed by atoms with Crippen molar-refractivity contribution >= 4 is 16.9 Å². The number of hydrogen-bond acceptors (Lipinski definition) is 2. The second-order valence-electron chi connectivity index (χ2n) is 4.58. The Kier molecular flexibility index (Phi) is 5.22. The molecule has 0 spiro atoms. The number of carbonyl (C=O) groups is 1. The summed E-state index contributed by atoms with van der Waals surface area (Å²) in [4.78, 5) is 11.7. The maximum atomic E-state index is 11.7. The first-order valence-corrected chi connectivity index (χ1v) is 7.67. The molecule has 1 nitrogen and oxygen atoms in total. The van der Waals surface area contributed by atoms with Crippen LogP contribution in [0, 0.1) is 0 Å². The number of carbonyl (C=O) groups excluding carboxylic acids is 1. The highest BCUT2D eigenvalue weighted by Gasteiger charge is 2.16. The van der Waals surface area contributed by atoms with Crippen LogP contribution in [0.5, 0.6) is 0 Å². The highest BCUT2D eigenvalue weighted by molar-refractivity contribution is 8.13. The maximum Gasteiger partial charge on any atom is 0.189 e. The maximum absolute atomic E-state index is 11.7. The summed E-state index contributed by atoms with van der Waals surface area (Å²) >= 11 is 1.32. The zero-order valence-electron chi connectivity index (χ0n) is 11.1. The lowest BCUT2D eigenvalue weighted by Crippen LogP contribution is -2.07. The van der Waals surface area contributed by atoms with E-state index in [0.29, 0.717) is 6.42 Å². The van der Waals surface area contributed by atoms with Crippen LogP contribution in [0.4, 0.5) is 0 Å². The molecule has 0 aromatic heterocycles. The van der Waals surface area contributed by atoms with E-state index in [1.54, 1.807) is 0 Å². The fourth-order valence-electron chi connectivity index (χ4n) is 2.22. The van der Waals surface area contributed by atoms with Crippen LogP contribution >= 0.6 is 11.8 Å². The van der Waals surface area contributed by atoms with Crippen molar-refractivity contribution in [1.29, 1.82) is 0 Å². The number of rotatable bonds is 5. The van der Waals surface area contributed by atoms with E-state index in [9.17, 15) is 4.79 Å². The van der Waals surface area contributed by atoms with Gasteiger partial charge in [-0.15, -0.1) is 0 Å². The van der Waals surface area contributed by atoms with Crippen LogP contribution < -0.4 is 0 Å². The van der Waals surface area contributed by atoms with Gasteiger partial charge >= 0.3 is 0 Å². The molecule has 0 saturated carbocycles. The average molecular weight is 270 g/mol. The van der Waals surface area contributed by atoms with Gasteiger partial charge in [-0.3, -0.25) is 4.79 Å². The number of benzene rings is 2. The molecule has 0 aliphatic rings. The fourth-order valence-corrected chi connectivity index (χ4v) is 2.58. The van der Waals surface area contributed by atoms with Crippen LogP contribution in [0.25, 0.3) is 0 Å². The second-order valence-corrected chi connectivity index (χ2v) is 5.44. The molecule has 2 heteroatoms. The lowest BCUT2D eigenvalue weighted by atomic mass is 9.90. The molecule has 98 valence electrons. The highest BCUT2D eigenvalue weighted by Crippen LogP contribution is 2.26. The topological polar surface area (TPSA) is 17.1 Å². The molecule has 2 aromatic rings. The molecule has 1 unspecified atom stereocenters. The van der Waals surface area contributed by atoms with Gasteiger partial charge in [0.15, 0.2) is 5.12 Å². The van der Waals surface area contributed by atoms with E-state index in [4.69, 9.17) is 0 Å². The van der Waals surface area contributed by atoms with E-state index < -0.39 is 0 Å². The minimum Gasteiger partial charge on any atom is -0.287 e. The van der Waals surface area contributed by atoms with E-state index in [2.05, 4.69) is 24.3 Å². The quantitative estimate of drug-likeness (QED) is 0.806. The summed E-state index contributed by atoms with van der Waals surface area (Å²) < 4.78 is 0. The zero-order valence-corrected chi connectivity index (χ0v) is 11.9. The largest absolute Gasteiger partial charge is 0.287 e.